The van der Waals surface area contributed by atoms with Crippen LogP contribution < -0.4 is 0 Å². The molecule has 0 unspecified atom stereocenters. The van der Waals surface area contributed by atoms with Gasteiger partial charge in [0.2, 0.25) is 0 Å². The molecule has 10 rings (SSSR count). The molecule has 0 fully saturated rings. The van der Waals surface area contributed by atoms with Gasteiger partial charge in [-0.15, -0.1) is 0 Å². The third kappa shape index (κ3) is 11.0. The normalized spacial score (nSPS) is 11.2. The summed E-state index contributed by atoms with van der Waals surface area (Å²) in [5.74, 6) is 0. The molecular weight excluding hydrogens is 841 g/mol. The third-order valence-electron chi connectivity index (χ3n) is 13.0. The van der Waals surface area contributed by atoms with Gasteiger partial charge >= 0.3 is 0 Å². The summed E-state index contributed by atoms with van der Waals surface area (Å²) < 4.78 is 0. The van der Waals surface area contributed by atoms with Gasteiger partial charge in [0.1, 0.15) is 0 Å². The first-order chi connectivity index (χ1) is 34.5. The molecule has 0 aliphatic rings. The van der Waals surface area contributed by atoms with E-state index in [1.54, 1.807) is 0 Å². The van der Waals surface area contributed by atoms with E-state index in [1.165, 1.54) is 111 Å². The molecule has 0 aliphatic carbocycles. The topological polar surface area (TPSA) is 0 Å². The van der Waals surface area contributed by atoms with Crippen molar-refractivity contribution in [3.63, 3.8) is 0 Å². The Hall–Kier alpha value is -8.84. The predicted molar refractivity (Wildman–Crippen MR) is 303 cm³/mol. The molecule has 0 N–H and O–H groups in total. The van der Waals surface area contributed by atoms with Crippen LogP contribution in [0.1, 0.15) is 66.8 Å². The van der Waals surface area contributed by atoms with E-state index >= 15 is 0 Å². The second-order valence-corrected chi connectivity index (χ2v) is 17.9. The van der Waals surface area contributed by atoms with Crippen molar-refractivity contribution in [3.8, 4) is 33.4 Å². The van der Waals surface area contributed by atoms with Crippen LogP contribution in [0.5, 0.6) is 0 Å². The van der Waals surface area contributed by atoms with Crippen LogP contribution in [0.3, 0.4) is 0 Å². The first-order valence-corrected chi connectivity index (χ1v) is 24.1. The highest BCUT2D eigenvalue weighted by atomic mass is 14.1. The molecule has 70 heavy (non-hydrogen) atoms. The monoisotopic (exact) mass is 894 g/mol. The maximum Gasteiger partial charge on any atom is -0.0105 e. The van der Waals surface area contributed by atoms with Crippen molar-refractivity contribution in [1.29, 1.82) is 0 Å². The van der Waals surface area contributed by atoms with Crippen LogP contribution in [-0.2, 0) is 0 Å². The average Bonchev–Trinajstić information content (AvgIpc) is 3.42. The van der Waals surface area contributed by atoms with E-state index in [1.807, 2.05) is 0 Å². The first kappa shape index (κ1) is 45.0. The zero-order valence-corrected chi connectivity index (χ0v) is 39.7. The lowest BCUT2D eigenvalue weighted by atomic mass is 9.92. The van der Waals surface area contributed by atoms with E-state index in [0.717, 1.165) is 0 Å². The van der Waals surface area contributed by atoms with E-state index in [0.29, 0.717) is 0 Å². The minimum Gasteiger partial charge on any atom is -0.0622 e. The second-order valence-electron chi connectivity index (χ2n) is 17.9. The van der Waals surface area contributed by atoms with Gasteiger partial charge in [-0.2, -0.15) is 0 Å². The van der Waals surface area contributed by atoms with Crippen LogP contribution >= 0.6 is 0 Å². The van der Waals surface area contributed by atoms with Crippen LogP contribution in [0.25, 0.3) is 81.0 Å². The van der Waals surface area contributed by atoms with Crippen molar-refractivity contribution in [2.75, 3.05) is 0 Å². The first-order valence-electron chi connectivity index (χ1n) is 24.1. The lowest BCUT2D eigenvalue weighted by Gasteiger charge is -2.12. The Kier molecular flexibility index (Phi) is 13.8. The molecule has 10 aromatic carbocycles. The number of rotatable bonds is 13. The molecule has 0 aliphatic heterocycles. The van der Waals surface area contributed by atoms with E-state index in [-0.39, 0.29) is 0 Å². The molecule has 0 spiro atoms. The zero-order chi connectivity index (χ0) is 47.5. The maximum atomic E-state index is 2.32. The number of benzene rings is 10. The SMILES string of the molecule is Cc1cc(-c2ccc(-c3ccc(/C=C/c4ccc(C=C(c5ccccc5)c5ccccc5)cc4)cc3)c(C)c2)ccc1-c1ccc(/C=C/c2ccc(C=C(c3ccccc3)c3ccccc3)cc2)cc1. The van der Waals surface area contributed by atoms with Gasteiger partial charge in [0.15, 0.2) is 0 Å². The Morgan fingerprint density at radius 2 is 0.486 bits per heavy atom. The quantitative estimate of drug-likeness (QED) is 0.101. The largest absolute Gasteiger partial charge is 0.0622 e. The fourth-order valence-corrected chi connectivity index (χ4v) is 9.14. The predicted octanol–water partition coefficient (Wildman–Crippen LogP) is 18.8. The van der Waals surface area contributed by atoms with Gasteiger partial charge < -0.3 is 0 Å². The third-order valence-corrected chi connectivity index (χ3v) is 13.0. The van der Waals surface area contributed by atoms with Gasteiger partial charge in [-0.3, -0.25) is 0 Å². The highest BCUT2D eigenvalue weighted by molar-refractivity contribution is 5.93. The van der Waals surface area contributed by atoms with Crippen LogP contribution in [0.15, 0.2) is 255 Å². The van der Waals surface area contributed by atoms with Gasteiger partial charge in [0.05, 0.1) is 0 Å². The Balaban J connectivity index is 0.764. The molecule has 0 bridgehead atoms. The fraction of sp³-hybridized carbons (Fsp3) is 0.0286. The minimum absolute atomic E-state index is 1.17. The number of aryl methyl sites for hydroxylation is 2. The Morgan fingerprint density at radius 1 is 0.243 bits per heavy atom. The summed E-state index contributed by atoms with van der Waals surface area (Å²) in [7, 11) is 0. The lowest BCUT2D eigenvalue weighted by Crippen LogP contribution is -1.89. The standard InChI is InChI=1S/C70H54/c1-51-47-65(43-45-67(51)63-39-35-55(36-40-63)25-23-53-27-31-57(32-28-53)49-69(59-15-7-3-8-16-59)60-17-9-4-10-18-60)66-44-46-68(52(2)48-66)64-41-37-56(38-42-64)26-24-54-29-33-58(34-30-54)50-70(61-19-11-5-12-20-61)62-21-13-6-14-22-62/h3-50H,1-2H3/b25-23+,26-24+. The summed E-state index contributed by atoms with van der Waals surface area (Å²) in [6, 6.07) is 91.4. The molecule has 0 nitrogen and oxygen atoms in total. The van der Waals surface area contributed by atoms with Gasteiger partial charge in [-0.25, -0.2) is 0 Å². The van der Waals surface area contributed by atoms with E-state index in [2.05, 4.69) is 305 Å². The molecule has 0 heteroatoms. The molecular formula is C70H54. The summed E-state index contributed by atoms with van der Waals surface area (Å²) in [6.45, 7) is 4.43. The van der Waals surface area contributed by atoms with Gasteiger partial charge in [-0.05, 0) is 137 Å². The molecule has 0 saturated carbocycles. The second kappa shape index (κ2) is 21.4. The molecule has 0 atom stereocenters. The van der Waals surface area contributed by atoms with Crippen molar-refractivity contribution in [3.05, 3.63) is 322 Å². The van der Waals surface area contributed by atoms with Crippen molar-refractivity contribution < 1.29 is 0 Å². The van der Waals surface area contributed by atoms with E-state index in [9.17, 15) is 0 Å². The molecule has 334 valence electrons. The Bertz CT molecular complexity index is 3120. The minimum atomic E-state index is 1.17. The number of hydrogen-bond acceptors (Lipinski definition) is 0. The molecule has 0 aromatic heterocycles. The van der Waals surface area contributed by atoms with Crippen LogP contribution in [0.4, 0.5) is 0 Å². The molecule has 0 heterocycles. The van der Waals surface area contributed by atoms with Crippen molar-refractivity contribution in [1.82, 2.24) is 0 Å². The van der Waals surface area contributed by atoms with Gasteiger partial charge in [0, 0.05) is 0 Å². The molecule has 0 amide bonds. The van der Waals surface area contributed by atoms with Crippen molar-refractivity contribution in [2.24, 2.45) is 0 Å². The van der Waals surface area contributed by atoms with Gasteiger partial charge in [-0.1, -0.05) is 279 Å². The highest BCUT2D eigenvalue weighted by Crippen LogP contribution is 2.33. The summed E-state index contributed by atoms with van der Waals surface area (Å²) >= 11 is 0. The smallest absolute Gasteiger partial charge is 0.0105 e. The molecule has 0 radical (unpaired) electrons. The Labute approximate surface area is 414 Å². The summed E-state index contributed by atoms with van der Waals surface area (Å²) in [5.41, 5.74) is 24.2. The highest BCUT2D eigenvalue weighted by Gasteiger charge is 2.10. The summed E-state index contributed by atoms with van der Waals surface area (Å²) in [5, 5.41) is 0. The summed E-state index contributed by atoms with van der Waals surface area (Å²) in [4.78, 5) is 0. The van der Waals surface area contributed by atoms with E-state index < -0.39 is 0 Å². The van der Waals surface area contributed by atoms with Crippen molar-refractivity contribution in [2.45, 2.75) is 13.8 Å². The Morgan fingerprint density at radius 3 is 0.757 bits per heavy atom. The van der Waals surface area contributed by atoms with Crippen LogP contribution in [0.2, 0.25) is 0 Å². The maximum absolute atomic E-state index is 2.32. The van der Waals surface area contributed by atoms with E-state index in [4.69, 9.17) is 0 Å². The number of hydrogen-bond donors (Lipinski definition) is 0. The fourth-order valence-electron chi connectivity index (χ4n) is 9.14. The molecule has 0 saturated heterocycles. The van der Waals surface area contributed by atoms with Gasteiger partial charge in [0.25, 0.3) is 0 Å². The van der Waals surface area contributed by atoms with Crippen molar-refractivity contribution >= 4 is 47.6 Å². The lowest BCUT2D eigenvalue weighted by molar-refractivity contribution is 1.43. The average molecular weight is 895 g/mol. The summed E-state index contributed by atoms with van der Waals surface area (Å²) in [6.07, 6.45) is 13.3. The van der Waals surface area contributed by atoms with Crippen LogP contribution in [-0.4, -0.2) is 0 Å². The van der Waals surface area contributed by atoms with Crippen LogP contribution in [0, 0.1) is 13.8 Å². The molecule has 10 aromatic rings. The zero-order valence-electron chi connectivity index (χ0n) is 39.7.